The Kier molecular flexibility index (Phi) is 5.20. The Labute approximate surface area is 140 Å². The van der Waals surface area contributed by atoms with Gasteiger partial charge in [0.25, 0.3) is 0 Å². The van der Waals surface area contributed by atoms with E-state index in [4.69, 9.17) is 27.9 Å². The van der Waals surface area contributed by atoms with Crippen molar-refractivity contribution in [2.75, 3.05) is 6.61 Å². The number of nitrogens with zero attached hydrogens (tertiary/aromatic N) is 1. The average molecular weight is 340 g/mol. The molecule has 0 aliphatic rings. The first-order valence-corrected chi connectivity index (χ1v) is 7.87. The number of rotatable bonds is 5. The molecule has 22 heavy (non-hydrogen) atoms. The number of benzene rings is 1. The first-order valence-electron chi connectivity index (χ1n) is 7.11. The zero-order valence-electron chi connectivity index (χ0n) is 13.1. The average Bonchev–Trinajstić information content (AvgIpc) is 2.75. The lowest BCUT2D eigenvalue weighted by Gasteiger charge is -2.13. The van der Waals surface area contributed by atoms with E-state index in [-0.39, 0.29) is 12.4 Å². The van der Waals surface area contributed by atoms with Crippen LogP contribution in [0.15, 0.2) is 24.3 Å². The maximum absolute atomic E-state index is 12.4. The Hall–Kier alpha value is -1.45. The number of hydrogen-bond donors (Lipinski definition) is 0. The topological polar surface area (TPSA) is 31.2 Å². The van der Waals surface area contributed by atoms with Crippen molar-refractivity contribution in [1.82, 2.24) is 4.57 Å². The van der Waals surface area contributed by atoms with Gasteiger partial charge in [0, 0.05) is 23.0 Å². The maximum atomic E-state index is 12.4. The molecule has 0 aliphatic carbocycles. The smallest absolute Gasteiger partial charge is 0.202 e. The molecule has 0 bridgehead atoms. The first-order chi connectivity index (χ1) is 10.3. The van der Waals surface area contributed by atoms with Gasteiger partial charge in [-0.25, -0.2) is 0 Å². The van der Waals surface area contributed by atoms with E-state index in [2.05, 4.69) is 18.4 Å². The third kappa shape index (κ3) is 3.31. The Bertz CT molecular complexity index is 705. The van der Waals surface area contributed by atoms with E-state index in [9.17, 15) is 4.79 Å². The van der Waals surface area contributed by atoms with Crippen molar-refractivity contribution in [3.8, 4) is 5.75 Å². The van der Waals surface area contributed by atoms with Crippen LogP contribution in [0, 0.1) is 13.8 Å². The van der Waals surface area contributed by atoms with Crippen LogP contribution >= 0.6 is 23.2 Å². The Balaban J connectivity index is 2.17. The molecule has 1 heterocycles. The van der Waals surface area contributed by atoms with E-state index < -0.39 is 0 Å². The molecule has 1 aromatic carbocycles. The Morgan fingerprint density at radius 1 is 1.27 bits per heavy atom. The van der Waals surface area contributed by atoms with Gasteiger partial charge >= 0.3 is 0 Å². The summed E-state index contributed by atoms with van der Waals surface area (Å²) in [4.78, 5) is 12.4. The van der Waals surface area contributed by atoms with Crippen LogP contribution in [0.3, 0.4) is 0 Å². The molecule has 0 saturated heterocycles. The van der Waals surface area contributed by atoms with E-state index in [1.165, 1.54) is 0 Å². The first kappa shape index (κ1) is 16.9. The highest BCUT2D eigenvalue weighted by Gasteiger charge is 2.18. The van der Waals surface area contributed by atoms with Gasteiger partial charge in [0.15, 0.2) is 6.61 Å². The van der Waals surface area contributed by atoms with Crippen molar-refractivity contribution < 1.29 is 9.53 Å². The lowest BCUT2D eigenvalue weighted by molar-refractivity contribution is 0.0921. The third-order valence-electron chi connectivity index (χ3n) is 3.58. The zero-order chi connectivity index (χ0) is 16.4. The molecule has 0 unspecified atom stereocenters. The Morgan fingerprint density at radius 3 is 2.55 bits per heavy atom. The predicted molar refractivity (Wildman–Crippen MR) is 90.6 cm³/mol. The summed E-state index contributed by atoms with van der Waals surface area (Å²) in [5.74, 6) is 0.344. The highest BCUT2D eigenvalue weighted by molar-refractivity contribution is 6.42. The summed E-state index contributed by atoms with van der Waals surface area (Å²) in [6.07, 6.45) is 0. The summed E-state index contributed by atoms with van der Waals surface area (Å²) in [6.45, 7) is 8.07. The van der Waals surface area contributed by atoms with Crippen LogP contribution in [0.4, 0.5) is 0 Å². The van der Waals surface area contributed by atoms with Crippen LogP contribution in [0.5, 0.6) is 5.75 Å². The highest BCUT2D eigenvalue weighted by Crippen LogP contribution is 2.31. The summed E-state index contributed by atoms with van der Waals surface area (Å²) in [5.41, 5.74) is 2.71. The molecule has 0 aliphatic heterocycles. The number of Topliss-reactive ketones (excluding diaryl/α,β-unsaturated/α-hetero) is 1. The molecule has 0 fully saturated rings. The van der Waals surface area contributed by atoms with Crippen molar-refractivity contribution in [3.63, 3.8) is 0 Å². The molecule has 5 heteroatoms. The molecular formula is C17H19Cl2NO2. The van der Waals surface area contributed by atoms with Gasteiger partial charge in [-0.05, 0) is 45.9 Å². The molecule has 118 valence electrons. The molecule has 0 amide bonds. The fourth-order valence-electron chi connectivity index (χ4n) is 2.67. The van der Waals surface area contributed by atoms with Crippen LogP contribution in [0.1, 0.15) is 41.6 Å². The second-order valence-corrected chi connectivity index (χ2v) is 6.30. The lowest BCUT2D eigenvalue weighted by Crippen LogP contribution is -2.13. The quantitative estimate of drug-likeness (QED) is 0.696. The number of carbonyl (C=O) groups is 1. The second kappa shape index (κ2) is 6.76. The van der Waals surface area contributed by atoms with E-state index in [1.54, 1.807) is 18.2 Å². The minimum atomic E-state index is -0.0731. The van der Waals surface area contributed by atoms with Gasteiger partial charge < -0.3 is 9.30 Å². The highest BCUT2D eigenvalue weighted by atomic mass is 35.5. The number of hydrogen-bond acceptors (Lipinski definition) is 2. The third-order valence-corrected chi connectivity index (χ3v) is 4.38. The van der Waals surface area contributed by atoms with Gasteiger partial charge in [0.05, 0.1) is 5.02 Å². The number of halogens is 2. The van der Waals surface area contributed by atoms with E-state index in [0.29, 0.717) is 27.4 Å². The SMILES string of the molecule is Cc1cc(C(=O)COc2cccc(Cl)c2Cl)c(C)n1C(C)C. The Morgan fingerprint density at radius 2 is 1.95 bits per heavy atom. The minimum Gasteiger partial charge on any atom is -0.484 e. The monoisotopic (exact) mass is 339 g/mol. The number of carbonyl (C=O) groups excluding carboxylic acids is 1. The fraction of sp³-hybridized carbons (Fsp3) is 0.353. The summed E-state index contributed by atoms with van der Waals surface area (Å²) in [7, 11) is 0. The molecule has 0 saturated carbocycles. The van der Waals surface area contributed by atoms with Gasteiger partial charge in [0.2, 0.25) is 5.78 Å². The molecule has 2 rings (SSSR count). The van der Waals surface area contributed by atoms with Crippen LogP contribution in [-0.4, -0.2) is 17.0 Å². The summed E-state index contributed by atoms with van der Waals surface area (Å²) in [6, 6.07) is 7.32. The van der Waals surface area contributed by atoms with Crippen molar-refractivity contribution in [3.05, 3.63) is 51.3 Å². The van der Waals surface area contributed by atoms with Gasteiger partial charge in [-0.3, -0.25) is 4.79 Å². The van der Waals surface area contributed by atoms with Crippen LogP contribution in [0.2, 0.25) is 10.0 Å². The van der Waals surface area contributed by atoms with Gasteiger partial charge in [0.1, 0.15) is 10.8 Å². The molecule has 1 aromatic heterocycles. The van der Waals surface area contributed by atoms with E-state index in [0.717, 1.165) is 11.4 Å². The molecule has 0 atom stereocenters. The number of ether oxygens (including phenoxy) is 1. The lowest BCUT2D eigenvalue weighted by atomic mass is 10.1. The van der Waals surface area contributed by atoms with Crippen molar-refractivity contribution in [2.24, 2.45) is 0 Å². The fourth-order valence-corrected chi connectivity index (χ4v) is 3.02. The van der Waals surface area contributed by atoms with Crippen molar-refractivity contribution >= 4 is 29.0 Å². The van der Waals surface area contributed by atoms with Crippen LogP contribution < -0.4 is 4.74 Å². The molecular weight excluding hydrogens is 321 g/mol. The molecule has 0 N–H and O–H groups in total. The molecule has 2 aromatic rings. The molecule has 0 spiro atoms. The summed E-state index contributed by atoms with van der Waals surface area (Å²) in [5, 5.41) is 0.731. The zero-order valence-corrected chi connectivity index (χ0v) is 14.6. The molecule has 3 nitrogen and oxygen atoms in total. The maximum Gasteiger partial charge on any atom is 0.202 e. The molecule has 0 radical (unpaired) electrons. The largest absolute Gasteiger partial charge is 0.484 e. The standard InChI is InChI=1S/C17H19Cl2NO2/c1-10(2)20-11(3)8-13(12(20)4)15(21)9-22-16-7-5-6-14(18)17(16)19/h5-8,10H,9H2,1-4H3. The second-order valence-electron chi connectivity index (χ2n) is 5.51. The van der Waals surface area contributed by atoms with Gasteiger partial charge in [-0.1, -0.05) is 29.3 Å². The minimum absolute atomic E-state index is 0.0670. The van der Waals surface area contributed by atoms with Gasteiger partial charge in [-0.15, -0.1) is 0 Å². The van der Waals surface area contributed by atoms with E-state index in [1.807, 2.05) is 19.9 Å². The van der Waals surface area contributed by atoms with Crippen molar-refractivity contribution in [2.45, 2.75) is 33.7 Å². The number of aromatic nitrogens is 1. The predicted octanol–water partition coefficient (Wildman–Crippen LogP) is 5.25. The van der Waals surface area contributed by atoms with Crippen LogP contribution in [0.25, 0.3) is 0 Å². The summed E-state index contributed by atoms with van der Waals surface area (Å²) >= 11 is 12.0. The normalized spacial score (nSPS) is 11.0. The van der Waals surface area contributed by atoms with Crippen LogP contribution in [-0.2, 0) is 0 Å². The van der Waals surface area contributed by atoms with E-state index >= 15 is 0 Å². The number of ketones is 1. The van der Waals surface area contributed by atoms with Gasteiger partial charge in [-0.2, -0.15) is 0 Å². The van der Waals surface area contributed by atoms with Crippen molar-refractivity contribution in [1.29, 1.82) is 0 Å². The summed E-state index contributed by atoms with van der Waals surface area (Å²) < 4.78 is 7.66. The number of aryl methyl sites for hydroxylation is 1.